The Morgan fingerprint density at radius 2 is 2.10 bits per heavy atom. The van der Waals surface area contributed by atoms with Crippen LogP contribution in [0.5, 0.6) is 5.75 Å². The first-order chi connectivity index (χ1) is 9.52. The molecule has 1 amide bonds. The van der Waals surface area contributed by atoms with Crippen LogP contribution in [-0.2, 0) is 9.53 Å². The monoisotopic (exact) mass is 336 g/mol. The summed E-state index contributed by atoms with van der Waals surface area (Å²) in [4.78, 5) is 11.7. The summed E-state index contributed by atoms with van der Waals surface area (Å²) in [6, 6.07) is 5.18. The van der Waals surface area contributed by atoms with Crippen LogP contribution in [0.2, 0.25) is 5.02 Å². The van der Waals surface area contributed by atoms with Crippen LogP contribution < -0.4 is 15.4 Å². The average molecular weight is 337 g/mol. The van der Waals surface area contributed by atoms with E-state index in [1.807, 2.05) is 13.8 Å². The number of carbonyl (C=O) groups is 1. The Morgan fingerprint density at radius 1 is 1.38 bits per heavy atom. The van der Waals surface area contributed by atoms with Gasteiger partial charge in [-0.05, 0) is 32.0 Å². The van der Waals surface area contributed by atoms with E-state index < -0.39 is 0 Å². The number of amides is 1. The number of halogens is 2. The number of nitrogens with one attached hydrogen (secondary N) is 2. The van der Waals surface area contributed by atoms with Gasteiger partial charge in [0.25, 0.3) is 0 Å². The number of rotatable bonds is 8. The highest BCUT2D eigenvalue weighted by atomic mass is 35.5. The molecule has 0 heterocycles. The molecule has 0 spiro atoms. The predicted molar refractivity (Wildman–Crippen MR) is 87.8 cm³/mol. The van der Waals surface area contributed by atoms with Crippen LogP contribution >= 0.6 is 24.0 Å². The van der Waals surface area contributed by atoms with Crippen molar-refractivity contribution >= 4 is 35.6 Å². The molecule has 2 N–H and O–H groups in total. The summed E-state index contributed by atoms with van der Waals surface area (Å²) in [7, 11) is 1.62. The van der Waals surface area contributed by atoms with Crippen molar-refractivity contribution in [2.75, 3.05) is 32.1 Å². The van der Waals surface area contributed by atoms with Crippen molar-refractivity contribution in [2.24, 2.45) is 0 Å². The number of anilines is 1. The van der Waals surface area contributed by atoms with Gasteiger partial charge in [0.05, 0.1) is 24.3 Å². The van der Waals surface area contributed by atoms with Crippen molar-refractivity contribution in [3.63, 3.8) is 0 Å². The number of benzene rings is 1. The fourth-order valence-corrected chi connectivity index (χ4v) is 1.73. The Bertz CT molecular complexity index is 442. The van der Waals surface area contributed by atoms with Crippen LogP contribution in [0.15, 0.2) is 18.2 Å². The largest absolute Gasteiger partial charge is 0.489 e. The molecule has 120 valence electrons. The van der Waals surface area contributed by atoms with Crippen molar-refractivity contribution in [3.8, 4) is 5.75 Å². The van der Waals surface area contributed by atoms with Crippen molar-refractivity contribution in [1.29, 1.82) is 0 Å². The van der Waals surface area contributed by atoms with Crippen LogP contribution in [0.4, 0.5) is 5.69 Å². The fraction of sp³-hybridized carbons (Fsp3) is 0.500. The van der Waals surface area contributed by atoms with Gasteiger partial charge in [-0.3, -0.25) is 4.79 Å². The van der Waals surface area contributed by atoms with Gasteiger partial charge in [-0.2, -0.15) is 0 Å². The number of methoxy groups -OCH3 is 1. The van der Waals surface area contributed by atoms with Gasteiger partial charge < -0.3 is 20.1 Å². The molecular weight excluding hydrogens is 315 g/mol. The zero-order valence-electron chi connectivity index (χ0n) is 12.4. The molecule has 0 aliphatic rings. The van der Waals surface area contributed by atoms with Gasteiger partial charge in [0.2, 0.25) is 5.91 Å². The summed E-state index contributed by atoms with van der Waals surface area (Å²) in [5, 5.41) is 6.20. The van der Waals surface area contributed by atoms with Crippen molar-refractivity contribution in [1.82, 2.24) is 5.32 Å². The number of carbonyl (C=O) groups excluding carboxylic acids is 1. The minimum absolute atomic E-state index is 0. The quantitative estimate of drug-likeness (QED) is 0.716. The lowest BCUT2D eigenvalue weighted by Gasteiger charge is -2.13. The third kappa shape index (κ3) is 8.12. The van der Waals surface area contributed by atoms with Gasteiger partial charge in [0.1, 0.15) is 5.75 Å². The maximum atomic E-state index is 11.7. The molecule has 0 aliphatic carbocycles. The lowest BCUT2D eigenvalue weighted by molar-refractivity contribution is -0.115. The standard InChI is InChI=1S/C14H21ClN2O3.ClH/c1-10(2)20-13-5-4-11(8-12(13)15)17-14(18)9-16-6-7-19-3;/h4-5,8,10,16H,6-7,9H2,1-3H3,(H,17,18);1H. The molecule has 0 aromatic heterocycles. The molecule has 1 rings (SSSR count). The molecule has 0 bridgehead atoms. The van der Waals surface area contributed by atoms with Crippen LogP contribution in [0, 0.1) is 0 Å². The van der Waals surface area contributed by atoms with Crippen molar-refractivity contribution in [2.45, 2.75) is 20.0 Å². The van der Waals surface area contributed by atoms with Gasteiger partial charge in [-0.25, -0.2) is 0 Å². The Morgan fingerprint density at radius 3 is 2.67 bits per heavy atom. The van der Waals surface area contributed by atoms with Crippen molar-refractivity contribution < 1.29 is 14.3 Å². The Hall–Kier alpha value is -1.01. The van der Waals surface area contributed by atoms with E-state index in [1.165, 1.54) is 0 Å². The minimum atomic E-state index is -0.130. The lowest BCUT2D eigenvalue weighted by atomic mass is 10.3. The summed E-state index contributed by atoms with van der Waals surface area (Å²) in [5.41, 5.74) is 0.643. The zero-order valence-corrected chi connectivity index (χ0v) is 14.0. The summed E-state index contributed by atoms with van der Waals surface area (Å²) in [6.45, 7) is 5.28. The Kier molecular flexibility index (Phi) is 10.2. The Balaban J connectivity index is 0.00000400. The second-order valence-electron chi connectivity index (χ2n) is 4.53. The Labute approximate surface area is 136 Å². The third-order valence-electron chi connectivity index (χ3n) is 2.35. The average Bonchev–Trinajstić information content (AvgIpc) is 2.37. The normalized spacial score (nSPS) is 10.1. The van der Waals surface area contributed by atoms with Crippen molar-refractivity contribution in [3.05, 3.63) is 23.2 Å². The highest BCUT2D eigenvalue weighted by molar-refractivity contribution is 6.32. The third-order valence-corrected chi connectivity index (χ3v) is 2.64. The second kappa shape index (κ2) is 10.7. The van der Waals surface area contributed by atoms with Crippen LogP contribution in [-0.4, -0.2) is 38.8 Å². The maximum absolute atomic E-state index is 11.7. The molecular formula is C14H22Cl2N2O3. The van der Waals surface area contributed by atoms with E-state index in [1.54, 1.807) is 25.3 Å². The van der Waals surface area contributed by atoms with Crippen LogP contribution in [0.1, 0.15) is 13.8 Å². The molecule has 0 fully saturated rings. The predicted octanol–water partition coefficient (Wildman–Crippen LogP) is 2.72. The first-order valence-corrected chi connectivity index (χ1v) is 6.86. The molecule has 5 nitrogen and oxygen atoms in total. The molecule has 0 radical (unpaired) electrons. The van der Waals surface area contributed by atoms with Gasteiger partial charge >= 0.3 is 0 Å². The SMILES string of the molecule is COCCNCC(=O)Nc1ccc(OC(C)C)c(Cl)c1.Cl. The summed E-state index contributed by atoms with van der Waals surface area (Å²) >= 11 is 6.09. The molecule has 21 heavy (non-hydrogen) atoms. The molecule has 7 heteroatoms. The van der Waals surface area contributed by atoms with E-state index in [0.29, 0.717) is 29.6 Å². The van der Waals surface area contributed by atoms with Gasteiger partial charge in [-0.15, -0.1) is 12.4 Å². The maximum Gasteiger partial charge on any atom is 0.238 e. The smallest absolute Gasteiger partial charge is 0.238 e. The van der Waals surface area contributed by atoms with Crippen LogP contribution in [0.25, 0.3) is 0 Å². The van der Waals surface area contributed by atoms with Gasteiger partial charge in [0.15, 0.2) is 0 Å². The first-order valence-electron chi connectivity index (χ1n) is 6.48. The van der Waals surface area contributed by atoms with E-state index in [-0.39, 0.29) is 31.0 Å². The van der Waals surface area contributed by atoms with E-state index in [4.69, 9.17) is 21.1 Å². The first kappa shape index (κ1) is 20.0. The van der Waals surface area contributed by atoms with E-state index in [9.17, 15) is 4.79 Å². The lowest BCUT2D eigenvalue weighted by Crippen LogP contribution is -2.30. The summed E-state index contributed by atoms with van der Waals surface area (Å²) < 4.78 is 10.4. The fourth-order valence-electron chi connectivity index (χ4n) is 1.51. The second-order valence-corrected chi connectivity index (χ2v) is 4.94. The van der Waals surface area contributed by atoms with Crippen LogP contribution in [0.3, 0.4) is 0 Å². The van der Waals surface area contributed by atoms with E-state index in [2.05, 4.69) is 10.6 Å². The van der Waals surface area contributed by atoms with E-state index in [0.717, 1.165) is 0 Å². The highest BCUT2D eigenvalue weighted by Gasteiger charge is 2.07. The molecule has 0 unspecified atom stereocenters. The number of hydrogen-bond donors (Lipinski definition) is 2. The molecule has 0 atom stereocenters. The zero-order chi connectivity index (χ0) is 15.0. The van der Waals surface area contributed by atoms with Gasteiger partial charge in [-0.1, -0.05) is 11.6 Å². The molecule has 0 aliphatic heterocycles. The minimum Gasteiger partial charge on any atom is -0.489 e. The topological polar surface area (TPSA) is 59.6 Å². The highest BCUT2D eigenvalue weighted by Crippen LogP contribution is 2.28. The molecule has 0 saturated heterocycles. The van der Waals surface area contributed by atoms with E-state index >= 15 is 0 Å². The molecule has 0 saturated carbocycles. The summed E-state index contributed by atoms with van der Waals surface area (Å²) in [5.74, 6) is 0.479. The summed E-state index contributed by atoms with van der Waals surface area (Å²) in [6.07, 6.45) is 0.0536. The van der Waals surface area contributed by atoms with Gasteiger partial charge in [0, 0.05) is 19.3 Å². The number of hydrogen-bond acceptors (Lipinski definition) is 4. The molecule has 1 aromatic carbocycles. The number of ether oxygens (including phenoxy) is 2. The molecule has 1 aromatic rings.